The van der Waals surface area contributed by atoms with Crippen LogP contribution in [0.25, 0.3) is 0 Å². The van der Waals surface area contributed by atoms with E-state index in [2.05, 4.69) is 4.98 Å². The average Bonchev–Trinajstić information content (AvgIpc) is 2.53. The number of rotatable bonds is 2. The Bertz CT molecular complexity index is 512. The third-order valence-corrected chi connectivity index (χ3v) is 3.04. The van der Waals surface area contributed by atoms with Crippen molar-refractivity contribution in [3.05, 3.63) is 45.7 Å². The molecule has 2 heterocycles. The Morgan fingerprint density at radius 1 is 1.53 bits per heavy atom. The second-order valence-electron chi connectivity index (χ2n) is 3.26. The minimum absolute atomic E-state index is 0.475. The Morgan fingerprint density at radius 2 is 2.33 bits per heavy atom. The van der Waals surface area contributed by atoms with E-state index in [0.29, 0.717) is 11.3 Å². The van der Waals surface area contributed by atoms with E-state index < -0.39 is 5.95 Å². The molecule has 78 valence electrons. The second-order valence-corrected chi connectivity index (χ2v) is 4.12. The summed E-state index contributed by atoms with van der Waals surface area (Å²) >= 11 is 1.39. The fraction of sp³-hybridized carbons (Fsp3) is 0.200. The summed E-state index contributed by atoms with van der Waals surface area (Å²) in [6, 6.07) is 3.02. The van der Waals surface area contributed by atoms with Crippen LogP contribution in [0.4, 0.5) is 4.39 Å². The Morgan fingerprint density at radius 3 is 2.87 bits per heavy atom. The van der Waals surface area contributed by atoms with E-state index in [0.717, 1.165) is 11.3 Å². The first-order valence-electron chi connectivity index (χ1n) is 4.47. The van der Waals surface area contributed by atoms with E-state index in [-0.39, 0.29) is 0 Å². The molecule has 0 spiro atoms. The quantitative estimate of drug-likeness (QED) is 0.776. The Hall–Kier alpha value is -1.49. The molecule has 0 saturated heterocycles. The highest BCUT2D eigenvalue weighted by Gasteiger charge is 2.01. The van der Waals surface area contributed by atoms with Gasteiger partial charge in [0.25, 0.3) is 0 Å². The van der Waals surface area contributed by atoms with Crippen molar-refractivity contribution in [2.75, 3.05) is 0 Å². The predicted octanol–water partition coefficient (Wildman–Crippen LogP) is 1.92. The first kappa shape index (κ1) is 10.0. The van der Waals surface area contributed by atoms with E-state index in [9.17, 15) is 4.39 Å². The monoisotopic (exact) mass is 223 g/mol. The van der Waals surface area contributed by atoms with Gasteiger partial charge in [0.15, 0.2) is 4.80 Å². The molecule has 5 heteroatoms. The van der Waals surface area contributed by atoms with Gasteiger partial charge >= 0.3 is 0 Å². The summed E-state index contributed by atoms with van der Waals surface area (Å²) in [5.41, 5.74) is 1.94. The molecule has 0 aliphatic heterocycles. The van der Waals surface area contributed by atoms with Gasteiger partial charge < -0.3 is 4.57 Å². The van der Waals surface area contributed by atoms with Crippen LogP contribution in [0, 0.1) is 18.3 Å². The van der Waals surface area contributed by atoms with Crippen molar-refractivity contribution < 1.29 is 4.39 Å². The number of aromatic nitrogens is 2. The summed E-state index contributed by atoms with van der Waals surface area (Å²) in [5.74, 6) is -0.475. The van der Waals surface area contributed by atoms with Crippen molar-refractivity contribution in [3.63, 3.8) is 0 Å². The molecular weight excluding hydrogens is 213 g/mol. The number of hydrogen-bond donors (Lipinski definition) is 1. The lowest BCUT2D eigenvalue weighted by atomic mass is 10.3. The molecule has 0 unspecified atom stereocenters. The summed E-state index contributed by atoms with van der Waals surface area (Å²) < 4.78 is 14.4. The van der Waals surface area contributed by atoms with Crippen molar-refractivity contribution in [1.82, 2.24) is 9.55 Å². The number of pyridine rings is 1. The van der Waals surface area contributed by atoms with Crippen LogP contribution in [-0.2, 0) is 6.54 Å². The predicted molar refractivity (Wildman–Crippen MR) is 56.2 cm³/mol. The average molecular weight is 223 g/mol. The SMILES string of the molecule is Cc1csc(=N)n1Cc1ccc(F)nc1. The topological polar surface area (TPSA) is 41.7 Å². The number of halogens is 1. The standard InChI is InChI=1S/C10H10FN3S/c1-7-6-15-10(12)14(7)5-8-2-3-9(11)13-4-8/h2-4,6,12H,5H2,1H3. The zero-order valence-electron chi connectivity index (χ0n) is 8.20. The van der Waals surface area contributed by atoms with Crippen molar-refractivity contribution in [3.8, 4) is 0 Å². The summed E-state index contributed by atoms with van der Waals surface area (Å²) in [6.45, 7) is 2.52. The van der Waals surface area contributed by atoms with Gasteiger partial charge in [-0.25, -0.2) is 4.98 Å². The van der Waals surface area contributed by atoms with Crippen LogP contribution in [-0.4, -0.2) is 9.55 Å². The van der Waals surface area contributed by atoms with Crippen molar-refractivity contribution in [2.45, 2.75) is 13.5 Å². The minimum Gasteiger partial charge on any atom is -0.317 e. The molecule has 0 atom stereocenters. The van der Waals surface area contributed by atoms with Crippen LogP contribution in [0.3, 0.4) is 0 Å². The fourth-order valence-electron chi connectivity index (χ4n) is 1.31. The third-order valence-electron chi connectivity index (χ3n) is 2.14. The molecule has 0 radical (unpaired) electrons. The van der Waals surface area contributed by atoms with Gasteiger partial charge in [-0.05, 0) is 18.6 Å². The van der Waals surface area contributed by atoms with Crippen LogP contribution < -0.4 is 4.80 Å². The van der Waals surface area contributed by atoms with E-state index in [1.165, 1.54) is 23.6 Å². The van der Waals surface area contributed by atoms with Gasteiger partial charge in [-0.3, -0.25) is 5.41 Å². The molecule has 0 bridgehead atoms. The van der Waals surface area contributed by atoms with Crippen LogP contribution in [0.5, 0.6) is 0 Å². The lowest BCUT2D eigenvalue weighted by Gasteiger charge is -2.04. The highest BCUT2D eigenvalue weighted by molar-refractivity contribution is 7.07. The molecule has 2 aromatic rings. The van der Waals surface area contributed by atoms with E-state index in [4.69, 9.17) is 5.41 Å². The molecule has 2 aromatic heterocycles. The number of aryl methyl sites for hydroxylation is 1. The van der Waals surface area contributed by atoms with Crippen LogP contribution in [0.1, 0.15) is 11.3 Å². The molecule has 1 N–H and O–H groups in total. The smallest absolute Gasteiger partial charge is 0.212 e. The third kappa shape index (κ3) is 2.12. The van der Waals surface area contributed by atoms with E-state index >= 15 is 0 Å². The van der Waals surface area contributed by atoms with Gasteiger partial charge in [0.05, 0.1) is 6.54 Å². The minimum atomic E-state index is -0.475. The summed E-state index contributed by atoms with van der Waals surface area (Å²) in [5, 5.41) is 9.60. The molecule has 0 fully saturated rings. The molecule has 0 aliphatic rings. The van der Waals surface area contributed by atoms with Crippen LogP contribution in [0.2, 0.25) is 0 Å². The van der Waals surface area contributed by atoms with Gasteiger partial charge in [-0.1, -0.05) is 6.07 Å². The Kier molecular flexibility index (Phi) is 2.64. The van der Waals surface area contributed by atoms with Gasteiger partial charge in [-0.15, -0.1) is 11.3 Å². The van der Waals surface area contributed by atoms with Crippen LogP contribution >= 0.6 is 11.3 Å². The van der Waals surface area contributed by atoms with Gasteiger partial charge in [0.2, 0.25) is 5.95 Å². The zero-order valence-corrected chi connectivity index (χ0v) is 9.01. The second kappa shape index (κ2) is 3.94. The number of thiazole rings is 1. The number of nitrogens with one attached hydrogen (secondary N) is 1. The molecular formula is C10H10FN3S. The summed E-state index contributed by atoms with van der Waals surface area (Å²) in [7, 11) is 0. The highest BCUT2D eigenvalue weighted by atomic mass is 32.1. The van der Waals surface area contributed by atoms with E-state index in [1.54, 1.807) is 6.07 Å². The molecule has 3 nitrogen and oxygen atoms in total. The molecule has 15 heavy (non-hydrogen) atoms. The largest absolute Gasteiger partial charge is 0.317 e. The lowest BCUT2D eigenvalue weighted by molar-refractivity contribution is 0.580. The lowest BCUT2D eigenvalue weighted by Crippen LogP contribution is -2.15. The Labute approximate surface area is 90.4 Å². The summed E-state index contributed by atoms with van der Waals surface area (Å²) in [4.78, 5) is 4.08. The molecule has 0 amide bonds. The maximum atomic E-state index is 12.6. The number of nitrogens with zero attached hydrogens (tertiary/aromatic N) is 2. The van der Waals surface area contributed by atoms with Gasteiger partial charge in [-0.2, -0.15) is 4.39 Å². The molecule has 0 saturated carbocycles. The maximum absolute atomic E-state index is 12.6. The van der Waals surface area contributed by atoms with Crippen molar-refractivity contribution in [1.29, 1.82) is 5.41 Å². The summed E-state index contributed by atoms with van der Waals surface area (Å²) in [6.07, 6.45) is 1.50. The van der Waals surface area contributed by atoms with Gasteiger partial charge in [0.1, 0.15) is 0 Å². The first-order chi connectivity index (χ1) is 7.16. The van der Waals surface area contributed by atoms with Gasteiger partial charge in [0, 0.05) is 17.3 Å². The van der Waals surface area contributed by atoms with Crippen LogP contribution in [0.15, 0.2) is 23.7 Å². The van der Waals surface area contributed by atoms with Crippen molar-refractivity contribution in [2.24, 2.45) is 0 Å². The fourth-order valence-corrected chi connectivity index (χ4v) is 2.05. The molecule has 2 rings (SSSR count). The maximum Gasteiger partial charge on any atom is 0.212 e. The van der Waals surface area contributed by atoms with Crippen molar-refractivity contribution >= 4 is 11.3 Å². The first-order valence-corrected chi connectivity index (χ1v) is 5.35. The zero-order chi connectivity index (χ0) is 10.8. The molecule has 0 aromatic carbocycles. The molecule has 0 aliphatic carbocycles. The van der Waals surface area contributed by atoms with E-state index in [1.807, 2.05) is 16.9 Å². The number of hydrogen-bond acceptors (Lipinski definition) is 3. The Balaban J connectivity index is 2.29. The normalized spacial score (nSPS) is 10.5. The highest BCUT2D eigenvalue weighted by Crippen LogP contribution is 2.05.